The molecule has 2 aromatic heterocycles. The van der Waals surface area contributed by atoms with E-state index in [9.17, 15) is 36.3 Å². The number of hydrogen-bond donors (Lipinski definition) is 1. The molecule has 0 amide bonds. The van der Waals surface area contributed by atoms with E-state index in [2.05, 4.69) is 11.4 Å². The fourth-order valence-corrected chi connectivity index (χ4v) is 4.75. The monoisotopic (exact) mass is 471 g/mol. The number of rotatable bonds is 3. The van der Waals surface area contributed by atoms with E-state index in [0.717, 1.165) is 25.8 Å². The van der Waals surface area contributed by atoms with E-state index < -0.39 is 24.5 Å². The number of hydrogen-bond acceptors (Lipinski definition) is 4. The first-order valence-corrected chi connectivity index (χ1v) is 10.7. The third-order valence-electron chi connectivity index (χ3n) is 5.42. The molecule has 1 N–H and O–H groups in total. The molecule has 12 heteroatoms. The average Bonchev–Trinajstić information content (AvgIpc) is 3.43. The number of aromatic carboxylic acids is 1. The van der Waals surface area contributed by atoms with Crippen LogP contribution in [0.4, 0.5) is 27.3 Å². The fourth-order valence-electron chi connectivity index (χ4n) is 3.86. The van der Waals surface area contributed by atoms with Crippen LogP contribution in [0.1, 0.15) is 39.7 Å². The molecule has 170 valence electrons. The molecule has 5 nitrogen and oxygen atoms in total. The molecule has 1 aromatic carbocycles. The molecule has 3 aromatic rings. The maximum absolute atomic E-state index is 14.9. The Balaban J connectivity index is 0.000000444. The number of carbonyl (C=O) groups is 1. The molecule has 0 atom stereocenters. The Bertz CT molecular complexity index is 1250. The minimum Gasteiger partial charge on any atom is -0.477 e. The molecule has 0 unspecified atom stereocenters. The maximum Gasteiger partial charge on any atom is 0.673 e. The number of halogens is 5. The van der Waals surface area contributed by atoms with E-state index in [4.69, 9.17) is 0 Å². The molecule has 5 rings (SSSR count). The summed E-state index contributed by atoms with van der Waals surface area (Å²) in [6.07, 6.45) is 4.16. The summed E-state index contributed by atoms with van der Waals surface area (Å²) < 4.78 is 55.8. The highest BCUT2D eigenvalue weighted by Crippen LogP contribution is 2.38. The normalized spacial score (nSPS) is 15.8. The van der Waals surface area contributed by atoms with Crippen molar-refractivity contribution in [1.29, 1.82) is 0 Å². The van der Waals surface area contributed by atoms with E-state index >= 15 is 0 Å². The lowest BCUT2D eigenvalue weighted by Gasteiger charge is -2.29. The summed E-state index contributed by atoms with van der Waals surface area (Å²) in [5.74, 6) is -1.76. The van der Waals surface area contributed by atoms with Crippen molar-refractivity contribution in [2.24, 2.45) is 0 Å². The summed E-state index contributed by atoms with van der Waals surface area (Å²) >= 11 is 1.73. The molecule has 2 aliphatic rings. The zero-order valence-electron chi connectivity index (χ0n) is 16.5. The van der Waals surface area contributed by atoms with E-state index in [1.165, 1.54) is 22.7 Å². The number of pyridine rings is 1. The van der Waals surface area contributed by atoms with Gasteiger partial charge >= 0.3 is 13.2 Å². The first-order valence-electron chi connectivity index (χ1n) is 9.82. The Hall–Kier alpha value is -2.89. The van der Waals surface area contributed by atoms with Gasteiger partial charge in [-0.05, 0) is 48.4 Å². The number of carboxylic acids is 1. The summed E-state index contributed by atoms with van der Waals surface area (Å²) in [4.78, 5) is 27.3. The van der Waals surface area contributed by atoms with Crippen LogP contribution in [0.25, 0.3) is 10.9 Å². The number of carboxylic acid groups (broad SMARTS) is 1. The number of thiophene rings is 1. The minimum atomic E-state index is -6.00. The van der Waals surface area contributed by atoms with Gasteiger partial charge in [-0.15, -0.1) is 11.3 Å². The quantitative estimate of drug-likeness (QED) is 0.427. The van der Waals surface area contributed by atoms with Crippen LogP contribution in [-0.2, 0) is 13.0 Å². The van der Waals surface area contributed by atoms with Crippen molar-refractivity contribution in [3.05, 3.63) is 61.8 Å². The topological polar surface area (TPSA) is 62.5 Å². The van der Waals surface area contributed by atoms with Gasteiger partial charge in [-0.3, -0.25) is 4.79 Å². The Labute approximate surface area is 182 Å². The predicted octanol–water partition coefficient (Wildman–Crippen LogP) is 5.10. The summed E-state index contributed by atoms with van der Waals surface area (Å²) in [5, 5.41) is 11.5. The first kappa shape index (κ1) is 22.3. The van der Waals surface area contributed by atoms with Gasteiger partial charge in [0.05, 0.1) is 11.2 Å². The predicted molar refractivity (Wildman–Crippen MR) is 113 cm³/mol. The van der Waals surface area contributed by atoms with Crippen LogP contribution in [0.3, 0.4) is 0 Å². The van der Waals surface area contributed by atoms with Crippen LogP contribution < -0.4 is 10.3 Å². The van der Waals surface area contributed by atoms with Crippen LogP contribution in [0.2, 0.25) is 0 Å². The van der Waals surface area contributed by atoms with Crippen molar-refractivity contribution in [3.63, 3.8) is 0 Å². The maximum atomic E-state index is 14.9. The summed E-state index contributed by atoms with van der Waals surface area (Å²) in [7, 11) is -6.00. The van der Waals surface area contributed by atoms with Gasteiger partial charge < -0.3 is 31.8 Å². The number of benzene rings is 1. The van der Waals surface area contributed by atoms with E-state index in [1.54, 1.807) is 17.4 Å². The zero-order valence-corrected chi connectivity index (χ0v) is 17.3. The Morgan fingerprint density at radius 1 is 1.19 bits per heavy atom. The Kier molecular flexibility index (Phi) is 5.74. The van der Waals surface area contributed by atoms with E-state index in [1.807, 2.05) is 9.47 Å². The highest BCUT2D eigenvalue weighted by Gasteiger charge is 2.28. The van der Waals surface area contributed by atoms with Crippen LogP contribution >= 0.6 is 11.3 Å². The molecule has 0 radical (unpaired) electrons. The number of anilines is 1. The molecule has 1 saturated carbocycles. The summed E-state index contributed by atoms with van der Waals surface area (Å²) in [5.41, 5.74) is 1.36. The van der Waals surface area contributed by atoms with Crippen LogP contribution in [0.15, 0.2) is 34.6 Å². The molecule has 32 heavy (non-hydrogen) atoms. The van der Waals surface area contributed by atoms with Crippen molar-refractivity contribution in [2.45, 2.75) is 31.8 Å². The largest absolute Gasteiger partial charge is 0.673 e. The average molecular weight is 471 g/mol. The molecule has 1 aliphatic heterocycles. The standard InChI is InChI=1S/C20H17FN2O3S.BF4/c21-15-7-13-16(23(12-1-2-12)10-14(19(13)24)20(25)26)8-17(15)22-5-3-18-11(9-22)4-6-27-18;2-1(3,4)5/h4,6-8,10,12H,1-3,5,9H2,(H,25,26);/q;-1. The Morgan fingerprint density at radius 3 is 2.50 bits per heavy atom. The second-order valence-corrected chi connectivity index (χ2v) is 8.67. The second kappa shape index (κ2) is 8.23. The van der Waals surface area contributed by atoms with Crippen molar-refractivity contribution in [2.75, 3.05) is 11.4 Å². The molecule has 0 spiro atoms. The van der Waals surface area contributed by atoms with Gasteiger partial charge in [-0.1, -0.05) is 0 Å². The molecule has 3 heterocycles. The highest BCUT2D eigenvalue weighted by molar-refractivity contribution is 7.10. The molecular weight excluding hydrogens is 454 g/mol. The van der Waals surface area contributed by atoms with Gasteiger partial charge in [-0.2, -0.15) is 0 Å². The van der Waals surface area contributed by atoms with Crippen molar-refractivity contribution >= 4 is 41.2 Å². The number of nitrogens with zero attached hydrogens (tertiary/aromatic N) is 2. The lowest BCUT2D eigenvalue weighted by molar-refractivity contribution is 0.0694. The number of aromatic nitrogens is 1. The van der Waals surface area contributed by atoms with Crippen molar-refractivity contribution in [1.82, 2.24) is 4.57 Å². The lowest BCUT2D eigenvalue weighted by Crippen LogP contribution is -2.30. The molecule has 1 fully saturated rings. The summed E-state index contributed by atoms with van der Waals surface area (Å²) in [6.45, 7) is 1.36. The molecule has 1 aliphatic carbocycles. The van der Waals surface area contributed by atoms with Gasteiger partial charge in [0.2, 0.25) is 5.43 Å². The van der Waals surface area contributed by atoms with Gasteiger partial charge in [-0.25, -0.2) is 9.18 Å². The van der Waals surface area contributed by atoms with Gasteiger partial charge in [0.1, 0.15) is 11.4 Å². The van der Waals surface area contributed by atoms with Crippen LogP contribution in [0, 0.1) is 5.82 Å². The van der Waals surface area contributed by atoms with Crippen LogP contribution in [0.5, 0.6) is 0 Å². The van der Waals surface area contributed by atoms with Gasteiger partial charge in [0.15, 0.2) is 0 Å². The first-order chi connectivity index (χ1) is 15.0. The van der Waals surface area contributed by atoms with Crippen molar-refractivity contribution in [3.8, 4) is 0 Å². The Morgan fingerprint density at radius 2 is 1.88 bits per heavy atom. The van der Waals surface area contributed by atoms with Crippen molar-refractivity contribution < 1.29 is 31.6 Å². The lowest BCUT2D eigenvalue weighted by atomic mass is 10.1. The molecule has 0 saturated heterocycles. The second-order valence-electron chi connectivity index (χ2n) is 7.67. The van der Waals surface area contributed by atoms with E-state index in [-0.39, 0.29) is 17.0 Å². The van der Waals surface area contributed by atoms with E-state index in [0.29, 0.717) is 17.7 Å². The number of fused-ring (bicyclic) bond motifs is 2. The molecule has 0 bridgehead atoms. The summed E-state index contributed by atoms with van der Waals surface area (Å²) in [6, 6.07) is 5.17. The zero-order chi connectivity index (χ0) is 23.2. The highest BCUT2D eigenvalue weighted by atomic mass is 32.1. The smallest absolute Gasteiger partial charge is 0.477 e. The minimum absolute atomic E-state index is 0.135. The third kappa shape index (κ3) is 4.64. The third-order valence-corrected chi connectivity index (χ3v) is 6.44. The fraction of sp³-hybridized carbons (Fsp3) is 0.300. The molecular formula is C20H17BF5N2O3S-. The van der Waals surface area contributed by atoms with Crippen LogP contribution in [-0.4, -0.2) is 29.4 Å². The van der Waals surface area contributed by atoms with Gasteiger partial charge in [0.25, 0.3) is 0 Å². The SMILES string of the molecule is F[B-](F)(F)F.O=C(O)c1cn(C2CC2)c2cc(N3CCc4sccc4C3)c(F)cc2c1=O. The van der Waals surface area contributed by atoms with Gasteiger partial charge in [0, 0.05) is 35.6 Å².